The van der Waals surface area contributed by atoms with Gasteiger partial charge < -0.3 is 9.84 Å². The zero-order valence-corrected chi connectivity index (χ0v) is 19.2. The van der Waals surface area contributed by atoms with Crippen LogP contribution in [-0.2, 0) is 11.2 Å². The fourth-order valence-electron chi connectivity index (χ4n) is 5.93. The molecular formula is C26H38N2O3. The quantitative estimate of drug-likeness (QED) is 0.475. The number of carbonyl (C=O) groups is 1. The third-order valence-electron chi connectivity index (χ3n) is 8.17. The van der Waals surface area contributed by atoms with Gasteiger partial charge in [0.1, 0.15) is 5.69 Å². The van der Waals surface area contributed by atoms with Crippen LogP contribution in [0.4, 0.5) is 0 Å². The smallest absolute Gasteiger partial charge is 0.356 e. The van der Waals surface area contributed by atoms with Gasteiger partial charge in [0.15, 0.2) is 0 Å². The van der Waals surface area contributed by atoms with Crippen LogP contribution >= 0.6 is 0 Å². The maximum atomic E-state index is 11.7. The molecule has 1 heterocycles. The number of hydrogen-bond donors (Lipinski definition) is 1. The van der Waals surface area contributed by atoms with E-state index in [1.54, 1.807) is 6.20 Å². The first-order chi connectivity index (χ1) is 15.0. The van der Waals surface area contributed by atoms with Crippen LogP contribution < -0.4 is 0 Å². The number of esters is 1. The first-order valence-electron chi connectivity index (χ1n) is 12.1. The molecule has 0 radical (unpaired) electrons. The van der Waals surface area contributed by atoms with E-state index in [1.165, 1.54) is 26.4 Å². The van der Waals surface area contributed by atoms with Crippen molar-refractivity contribution in [3.8, 4) is 6.07 Å². The molecule has 170 valence electrons. The summed E-state index contributed by atoms with van der Waals surface area (Å²) in [5.41, 5.74) is 1.64. The molecule has 2 fully saturated rings. The number of nitrogens with zero attached hydrogens (tertiary/aromatic N) is 2. The largest absolute Gasteiger partial charge is 0.464 e. The molecule has 0 spiro atoms. The van der Waals surface area contributed by atoms with Gasteiger partial charge in [-0.25, -0.2) is 9.78 Å². The van der Waals surface area contributed by atoms with Crippen LogP contribution in [-0.4, -0.2) is 29.3 Å². The van der Waals surface area contributed by atoms with Crippen LogP contribution in [0, 0.1) is 34.5 Å². The van der Waals surface area contributed by atoms with E-state index in [0.717, 1.165) is 63.4 Å². The number of methoxy groups -OCH3 is 1. The molecule has 5 heteroatoms. The summed E-state index contributed by atoms with van der Waals surface area (Å²) in [6, 6.07) is 6.34. The minimum Gasteiger partial charge on any atom is -0.464 e. The van der Waals surface area contributed by atoms with Gasteiger partial charge in [0.25, 0.3) is 0 Å². The summed E-state index contributed by atoms with van der Waals surface area (Å²) in [5, 5.41) is 20.4. The number of rotatable bonds is 11. The Labute approximate surface area is 187 Å². The molecule has 0 aromatic carbocycles. The summed E-state index contributed by atoms with van der Waals surface area (Å²) in [5.74, 6) is 0.813. The van der Waals surface area contributed by atoms with Gasteiger partial charge in [-0.1, -0.05) is 19.8 Å². The zero-order valence-electron chi connectivity index (χ0n) is 19.2. The van der Waals surface area contributed by atoms with E-state index < -0.39 is 5.97 Å². The second kappa shape index (κ2) is 11.1. The SMILES string of the molecule is CCC1(C(O)CCC[C@@H]2[C@@H](CCCc3ccnc(C(=O)OC)c3)CC[C@H]2C#N)CCC1. The molecule has 5 nitrogen and oxygen atoms in total. The second-order valence-electron chi connectivity index (χ2n) is 9.69. The lowest BCUT2D eigenvalue weighted by Crippen LogP contribution is -2.40. The van der Waals surface area contributed by atoms with Crippen molar-refractivity contribution < 1.29 is 14.6 Å². The Morgan fingerprint density at radius 3 is 2.81 bits per heavy atom. The number of aliphatic hydroxyl groups is 1. The Bertz CT molecular complexity index is 763. The average Bonchev–Trinajstić information content (AvgIpc) is 3.15. The Hall–Kier alpha value is -1.93. The maximum absolute atomic E-state index is 11.7. The highest BCUT2D eigenvalue weighted by Crippen LogP contribution is 2.48. The van der Waals surface area contributed by atoms with Crippen LogP contribution in [0.15, 0.2) is 18.3 Å². The highest BCUT2D eigenvalue weighted by atomic mass is 16.5. The van der Waals surface area contributed by atoms with E-state index in [9.17, 15) is 15.2 Å². The number of aromatic nitrogens is 1. The van der Waals surface area contributed by atoms with Crippen molar-refractivity contribution in [1.29, 1.82) is 5.26 Å². The summed E-state index contributed by atoms with van der Waals surface area (Å²) in [4.78, 5) is 15.8. The van der Waals surface area contributed by atoms with Gasteiger partial charge in [0.2, 0.25) is 0 Å². The molecule has 2 aliphatic rings. The number of carbonyl (C=O) groups excluding carboxylic acids is 1. The monoisotopic (exact) mass is 426 g/mol. The lowest BCUT2D eigenvalue weighted by atomic mass is 9.62. The van der Waals surface area contributed by atoms with Gasteiger partial charge in [-0.2, -0.15) is 5.26 Å². The minimum absolute atomic E-state index is 0.165. The Morgan fingerprint density at radius 2 is 2.16 bits per heavy atom. The topological polar surface area (TPSA) is 83.2 Å². The first-order valence-corrected chi connectivity index (χ1v) is 12.1. The highest BCUT2D eigenvalue weighted by molar-refractivity contribution is 5.87. The van der Waals surface area contributed by atoms with Crippen molar-refractivity contribution in [1.82, 2.24) is 4.98 Å². The third kappa shape index (κ3) is 5.66. The minimum atomic E-state index is -0.400. The van der Waals surface area contributed by atoms with Crippen molar-refractivity contribution >= 4 is 5.97 Å². The first kappa shape index (κ1) is 23.7. The number of ether oxygens (including phenoxy) is 1. The molecule has 0 amide bonds. The molecule has 1 aromatic heterocycles. The fraction of sp³-hybridized carbons (Fsp3) is 0.731. The van der Waals surface area contributed by atoms with E-state index in [1.807, 2.05) is 12.1 Å². The van der Waals surface area contributed by atoms with E-state index in [4.69, 9.17) is 4.74 Å². The molecule has 0 bridgehead atoms. The fourth-order valence-corrected chi connectivity index (χ4v) is 5.93. The predicted molar refractivity (Wildman–Crippen MR) is 120 cm³/mol. The van der Waals surface area contributed by atoms with Crippen molar-refractivity contribution in [3.05, 3.63) is 29.6 Å². The van der Waals surface area contributed by atoms with Crippen LogP contribution in [0.2, 0.25) is 0 Å². The number of nitriles is 1. The van der Waals surface area contributed by atoms with Crippen molar-refractivity contribution in [2.45, 2.75) is 90.1 Å². The normalized spacial score (nSPS) is 25.4. The molecule has 4 atom stereocenters. The number of aliphatic hydroxyl groups excluding tert-OH is 1. The van der Waals surface area contributed by atoms with Gasteiger partial charge in [-0.05, 0) is 99.2 Å². The van der Waals surface area contributed by atoms with Crippen LogP contribution in [0.1, 0.15) is 93.6 Å². The molecule has 31 heavy (non-hydrogen) atoms. The molecule has 0 aliphatic heterocycles. The standard InChI is InChI=1S/C26H38N2O3/c1-3-26(14-6-15-26)24(29)10-5-9-22-20(11-12-21(22)18-27)8-4-7-19-13-16-28-23(17-19)25(30)31-2/h13,16-17,20-22,24,29H,3-12,14-15H2,1-2H3/t20-,21-,22+,24?/m0/s1. The molecule has 1 N–H and O–H groups in total. The summed E-state index contributed by atoms with van der Waals surface area (Å²) in [7, 11) is 1.37. The summed E-state index contributed by atoms with van der Waals surface area (Å²) in [6.07, 6.45) is 14.3. The summed E-state index contributed by atoms with van der Waals surface area (Å²) >= 11 is 0. The van der Waals surface area contributed by atoms with Crippen molar-refractivity contribution in [2.75, 3.05) is 7.11 Å². The van der Waals surface area contributed by atoms with Gasteiger partial charge >= 0.3 is 5.97 Å². The van der Waals surface area contributed by atoms with Gasteiger partial charge in [0.05, 0.1) is 19.3 Å². The number of hydrogen-bond acceptors (Lipinski definition) is 5. The van der Waals surface area contributed by atoms with E-state index in [0.29, 0.717) is 17.5 Å². The summed E-state index contributed by atoms with van der Waals surface area (Å²) < 4.78 is 4.76. The van der Waals surface area contributed by atoms with Gasteiger partial charge in [-0.15, -0.1) is 0 Å². The van der Waals surface area contributed by atoms with E-state index in [2.05, 4.69) is 18.0 Å². The van der Waals surface area contributed by atoms with Gasteiger partial charge in [0, 0.05) is 12.1 Å². The van der Waals surface area contributed by atoms with Gasteiger partial charge in [-0.3, -0.25) is 0 Å². The summed E-state index contributed by atoms with van der Waals surface area (Å²) in [6.45, 7) is 2.21. The third-order valence-corrected chi connectivity index (χ3v) is 8.17. The lowest BCUT2D eigenvalue weighted by molar-refractivity contribution is -0.0438. The molecule has 1 aromatic rings. The average molecular weight is 427 g/mol. The molecule has 0 saturated heterocycles. The number of aryl methyl sites for hydroxylation is 1. The Balaban J connectivity index is 1.47. The van der Waals surface area contributed by atoms with Crippen LogP contribution in [0.5, 0.6) is 0 Å². The number of pyridine rings is 1. The zero-order chi connectivity index (χ0) is 22.3. The maximum Gasteiger partial charge on any atom is 0.356 e. The molecule has 2 aliphatic carbocycles. The second-order valence-corrected chi connectivity index (χ2v) is 9.69. The van der Waals surface area contributed by atoms with E-state index >= 15 is 0 Å². The molecule has 2 saturated carbocycles. The highest BCUT2D eigenvalue weighted by Gasteiger charge is 2.41. The van der Waals surface area contributed by atoms with E-state index in [-0.39, 0.29) is 17.4 Å². The Morgan fingerprint density at radius 1 is 1.35 bits per heavy atom. The molecule has 3 rings (SSSR count). The van der Waals surface area contributed by atoms with Crippen molar-refractivity contribution in [3.63, 3.8) is 0 Å². The predicted octanol–water partition coefficient (Wildman–Crippen LogP) is 5.47. The van der Waals surface area contributed by atoms with Crippen molar-refractivity contribution in [2.24, 2.45) is 23.2 Å². The molecular weight excluding hydrogens is 388 g/mol. The van der Waals surface area contributed by atoms with Crippen LogP contribution in [0.25, 0.3) is 0 Å². The molecule has 1 unspecified atom stereocenters. The van der Waals surface area contributed by atoms with Crippen LogP contribution in [0.3, 0.4) is 0 Å². The lowest BCUT2D eigenvalue weighted by Gasteiger charge is -2.45. The Kier molecular flexibility index (Phi) is 8.49.